The third-order valence-corrected chi connectivity index (χ3v) is 13.4. The molecular weight excluding hydrogens is 969 g/mol. The minimum Gasteiger partial charge on any atom is -0.618 e. The summed E-state index contributed by atoms with van der Waals surface area (Å²) in [4.78, 5) is 83.0. The van der Waals surface area contributed by atoms with Gasteiger partial charge in [-0.1, -0.05) is 41.4 Å². The monoisotopic (exact) mass is 1030 g/mol. The highest BCUT2D eigenvalue weighted by Crippen LogP contribution is 2.32. The molecule has 72 heavy (non-hydrogen) atoms. The number of likely N-dealkylation sites (N-methyl/N-ethyl adjacent to an activating group) is 2. The van der Waals surface area contributed by atoms with Crippen LogP contribution in [0.5, 0.6) is 11.5 Å². The van der Waals surface area contributed by atoms with E-state index in [4.69, 9.17) is 32.7 Å². The average molecular weight is 1030 g/mol. The first-order valence-electron chi connectivity index (χ1n) is 23.5. The molecule has 1 aliphatic rings. The van der Waals surface area contributed by atoms with E-state index < -0.39 is 71.9 Å². The van der Waals surface area contributed by atoms with Crippen LogP contribution in [0.25, 0.3) is 11.3 Å². The van der Waals surface area contributed by atoms with E-state index in [0.717, 1.165) is 34.9 Å². The molecule has 0 spiro atoms. The first kappa shape index (κ1) is 54.7. The lowest BCUT2D eigenvalue weighted by molar-refractivity contribution is -0.616. The van der Waals surface area contributed by atoms with Crippen molar-refractivity contribution in [3.8, 4) is 22.8 Å². The Bertz CT molecular complexity index is 2720. The lowest BCUT2D eigenvalue weighted by Crippen LogP contribution is -2.57. The van der Waals surface area contributed by atoms with Gasteiger partial charge in [0.15, 0.2) is 11.5 Å². The highest BCUT2D eigenvalue weighted by molar-refractivity contribution is 6.31. The van der Waals surface area contributed by atoms with Crippen molar-refractivity contribution in [2.75, 3.05) is 48.5 Å². The molecule has 384 valence electrons. The van der Waals surface area contributed by atoms with Crippen LogP contribution in [0.3, 0.4) is 0 Å². The fourth-order valence-corrected chi connectivity index (χ4v) is 8.74. The van der Waals surface area contributed by atoms with Gasteiger partial charge >= 0.3 is 0 Å². The smallest absolute Gasteiger partial charge is 0.247 e. The van der Waals surface area contributed by atoms with E-state index in [2.05, 4.69) is 15.6 Å². The molecular formula is C52H62Cl2FN9O8. The summed E-state index contributed by atoms with van der Waals surface area (Å²) in [5.74, 6) is -3.31. The number of hydrogen-bond donors (Lipinski definition) is 2. The maximum Gasteiger partial charge on any atom is 0.247 e. The summed E-state index contributed by atoms with van der Waals surface area (Å²) < 4.78 is 28.4. The number of aromatic nitrogens is 3. The van der Waals surface area contributed by atoms with Crippen LogP contribution in [0.4, 0.5) is 4.39 Å². The molecule has 0 saturated carbocycles. The second kappa shape index (κ2) is 24.7. The number of benzene rings is 3. The number of ether oxygens (including phenoxy) is 2. The van der Waals surface area contributed by atoms with Crippen molar-refractivity contribution in [3.05, 3.63) is 135 Å². The zero-order valence-electron chi connectivity index (χ0n) is 41.7. The van der Waals surface area contributed by atoms with E-state index >= 15 is 4.79 Å². The Morgan fingerprint density at radius 2 is 1.57 bits per heavy atom. The van der Waals surface area contributed by atoms with Gasteiger partial charge in [-0.3, -0.25) is 24.0 Å². The Morgan fingerprint density at radius 3 is 2.24 bits per heavy atom. The summed E-state index contributed by atoms with van der Waals surface area (Å²) >= 11 is 12.7. The molecule has 0 aliphatic carbocycles. The first-order chi connectivity index (χ1) is 34.2. The van der Waals surface area contributed by atoms with Crippen molar-refractivity contribution in [2.45, 2.75) is 76.8 Å². The highest BCUT2D eigenvalue weighted by atomic mass is 35.5. The van der Waals surface area contributed by atoms with E-state index in [1.807, 2.05) is 48.9 Å². The number of carbonyl (C=O) groups is 5. The molecule has 5 aromatic rings. The molecule has 0 unspecified atom stereocenters. The molecule has 5 amide bonds. The van der Waals surface area contributed by atoms with Gasteiger partial charge < -0.3 is 49.5 Å². The number of carbonyl (C=O) groups excluding carboxylic acids is 5. The van der Waals surface area contributed by atoms with Crippen molar-refractivity contribution in [1.29, 1.82) is 0 Å². The van der Waals surface area contributed by atoms with Crippen LogP contribution >= 0.6 is 23.2 Å². The Kier molecular flexibility index (Phi) is 18.8. The minimum atomic E-state index is -1.30. The number of pyridine rings is 1. The van der Waals surface area contributed by atoms with Gasteiger partial charge in [-0.25, -0.2) is 9.37 Å². The molecule has 1 aliphatic heterocycles. The number of imidazole rings is 1. The van der Waals surface area contributed by atoms with Crippen molar-refractivity contribution in [2.24, 2.45) is 13.0 Å². The Labute approximate surface area is 429 Å². The highest BCUT2D eigenvalue weighted by Gasteiger charge is 2.37. The van der Waals surface area contributed by atoms with Crippen LogP contribution in [0.15, 0.2) is 91.3 Å². The largest absolute Gasteiger partial charge is 0.618 e. The van der Waals surface area contributed by atoms with Crippen LogP contribution in [0.2, 0.25) is 10.0 Å². The minimum absolute atomic E-state index is 0.000210. The third kappa shape index (κ3) is 14.1. The van der Waals surface area contributed by atoms with Gasteiger partial charge in [0, 0.05) is 93.4 Å². The molecule has 3 aromatic carbocycles. The Morgan fingerprint density at radius 1 is 0.875 bits per heavy atom. The van der Waals surface area contributed by atoms with Crippen LogP contribution in [0, 0.1) is 16.9 Å². The summed E-state index contributed by atoms with van der Waals surface area (Å²) in [5.41, 5.74) is 3.05. The van der Waals surface area contributed by atoms with Gasteiger partial charge in [0.2, 0.25) is 35.7 Å². The molecule has 20 heteroatoms. The summed E-state index contributed by atoms with van der Waals surface area (Å²) in [5, 5.41) is 19.5. The first-order valence-corrected chi connectivity index (χ1v) is 24.2. The summed E-state index contributed by atoms with van der Waals surface area (Å²) in [7, 11) is 10.3. The van der Waals surface area contributed by atoms with E-state index in [9.17, 15) is 28.8 Å². The van der Waals surface area contributed by atoms with Gasteiger partial charge in [0.1, 0.15) is 29.4 Å². The number of nitrogens with one attached hydrogen (secondary N) is 2. The van der Waals surface area contributed by atoms with Crippen molar-refractivity contribution in [3.63, 3.8) is 0 Å². The maximum absolute atomic E-state index is 15.0. The van der Waals surface area contributed by atoms with Gasteiger partial charge in [0.05, 0.1) is 37.5 Å². The van der Waals surface area contributed by atoms with E-state index in [0.29, 0.717) is 32.6 Å². The molecule has 0 bridgehead atoms. The fraction of sp³-hybridized carbons (Fsp3) is 0.404. The Balaban J connectivity index is 1.38. The summed E-state index contributed by atoms with van der Waals surface area (Å²) in [6, 6.07) is 17.7. The number of hydrogen-bond acceptors (Lipinski definition) is 10. The number of nitrogens with zero attached hydrogens (tertiary/aromatic N) is 7. The van der Waals surface area contributed by atoms with Crippen LogP contribution in [-0.4, -0.2) is 131 Å². The van der Waals surface area contributed by atoms with Crippen LogP contribution < -0.4 is 20.1 Å². The number of methoxy groups -OCH3 is 1. The number of halogens is 3. The van der Waals surface area contributed by atoms with Crippen molar-refractivity contribution >= 4 is 52.7 Å². The number of rotatable bonds is 13. The third-order valence-electron chi connectivity index (χ3n) is 12.9. The maximum atomic E-state index is 15.0. The van der Waals surface area contributed by atoms with Crippen LogP contribution in [0.1, 0.15) is 49.3 Å². The molecule has 0 radical (unpaired) electrons. The van der Waals surface area contributed by atoms with Crippen molar-refractivity contribution in [1.82, 2.24) is 39.8 Å². The summed E-state index contributed by atoms with van der Waals surface area (Å²) in [6.45, 7) is 3.37. The fourth-order valence-electron chi connectivity index (χ4n) is 8.45. The molecule has 6 rings (SSSR count). The summed E-state index contributed by atoms with van der Waals surface area (Å²) in [6.07, 6.45) is 1.85. The predicted molar refractivity (Wildman–Crippen MR) is 270 cm³/mol. The standard InChI is InChI=1S/C52H62Cl2FN9O8/c1-32-26-57-48(65)25-42(21-34-9-14-38(53)15-10-34)61(6)52(69)44(31-71-8)58-50(67)33(2)63(49(66)23-37(51(68)60(32)5)22-41-18-17-40(55)29-64(41)70)28-36-11-16-39(54)24-46(36)72-43-19-12-35(13-20-43)45-27-56-47(62(45)7)30-59(3)4/h9-20,24,27,29,32-33,37,42,44H,21-23,25-26,28,30-31H2,1-8H3,(H,57,65)(H,58,67)/t32-,33-,37+,42-,44-/m0/s1. The van der Waals surface area contributed by atoms with Gasteiger partial charge in [-0.15, -0.1) is 0 Å². The number of amides is 5. The molecule has 1 fully saturated rings. The second-order valence-electron chi connectivity index (χ2n) is 18.5. The van der Waals surface area contributed by atoms with Crippen molar-refractivity contribution < 1.29 is 42.6 Å². The Hall–Kier alpha value is -6.60. The van der Waals surface area contributed by atoms with E-state index in [1.54, 1.807) is 68.6 Å². The quantitative estimate of drug-likeness (QED) is 0.112. The lowest BCUT2D eigenvalue weighted by atomic mass is 9.95. The van der Waals surface area contributed by atoms with Crippen LogP contribution in [-0.2, 0) is 61.7 Å². The van der Waals surface area contributed by atoms with Gasteiger partial charge in [0.25, 0.3) is 0 Å². The molecule has 3 heterocycles. The molecule has 2 aromatic heterocycles. The molecule has 1 saturated heterocycles. The molecule has 5 atom stereocenters. The lowest BCUT2D eigenvalue weighted by Gasteiger charge is -2.35. The van der Waals surface area contributed by atoms with Gasteiger partial charge in [-0.2, -0.15) is 4.73 Å². The van der Waals surface area contributed by atoms with E-state index in [-0.39, 0.29) is 50.4 Å². The zero-order chi connectivity index (χ0) is 52.4. The normalized spacial score (nSPS) is 20.1. The SMILES string of the molecule is COC[C@@H]1NC(=O)[C@H](C)N(Cc2ccc(Cl)cc2Oc2ccc(-c3cnc(CN(C)C)n3C)cc2)C(=O)C[C@@H](Cc2ccc(F)c[n+]2[O-])C(=O)N(C)[C@@H](C)CNC(=O)C[C@H](Cc2ccc(Cl)cc2)N(C)C1=O. The van der Waals surface area contributed by atoms with Gasteiger partial charge in [-0.05, 0) is 94.5 Å². The zero-order valence-corrected chi connectivity index (χ0v) is 43.2. The second-order valence-corrected chi connectivity index (χ2v) is 19.3. The molecule has 17 nitrogen and oxygen atoms in total. The average Bonchev–Trinajstić information content (AvgIpc) is 3.70. The topological polar surface area (TPSA) is 186 Å². The predicted octanol–water partition coefficient (Wildman–Crippen LogP) is 5.55. The van der Waals surface area contributed by atoms with E-state index in [1.165, 1.54) is 41.8 Å². The molecule has 2 N–H and O–H groups in total.